The van der Waals surface area contributed by atoms with Crippen LogP contribution in [0.5, 0.6) is 0 Å². The minimum atomic E-state index is -3.66. The molecule has 5 nitrogen and oxygen atoms in total. The van der Waals surface area contributed by atoms with Gasteiger partial charge in [-0.3, -0.25) is 0 Å². The fourth-order valence-corrected chi connectivity index (χ4v) is 4.93. The maximum absolute atomic E-state index is 13.1. The lowest BCUT2D eigenvalue weighted by atomic mass is 9.89. The van der Waals surface area contributed by atoms with Gasteiger partial charge in [0.15, 0.2) is 9.84 Å². The smallest absolute Gasteiger partial charge is 0.408 e. The van der Waals surface area contributed by atoms with Gasteiger partial charge < -0.3 is 10.1 Å². The second-order valence-corrected chi connectivity index (χ2v) is 9.39. The maximum Gasteiger partial charge on any atom is 0.408 e. The molecule has 0 spiro atoms. The summed E-state index contributed by atoms with van der Waals surface area (Å²) in [4.78, 5) is 12.4. The van der Waals surface area contributed by atoms with Crippen LogP contribution in [0.4, 0.5) is 4.79 Å². The summed E-state index contributed by atoms with van der Waals surface area (Å²) in [6, 6.07) is 8.30. The van der Waals surface area contributed by atoms with Gasteiger partial charge in [0.05, 0.1) is 4.90 Å². The number of ether oxygens (including phenoxy) is 1. The molecule has 0 radical (unpaired) electrons. The average Bonchev–Trinajstić information content (AvgIpc) is 2.52. The Hall–Kier alpha value is -1.56. The van der Waals surface area contributed by atoms with Crippen LogP contribution in [0.3, 0.4) is 0 Å². The molecule has 1 amide bonds. The van der Waals surface area contributed by atoms with Crippen molar-refractivity contribution < 1.29 is 17.9 Å². The molecule has 0 heterocycles. The van der Waals surface area contributed by atoms with Gasteiger partial charge in [0, 0.05) is 0 Å². The summed E-state index contributed by atoms with van der Waals surface area (Å²) in [5.74, 6) is -0.0866. The van der Waals surface area contributed by atoms with Crippen LogP contribution >= 0.6 is 0 Å². The van der Waals surface area contributed by atoms with Gasteiger partial charge in [-0.1, -0.05) is 37.5 Å². The largest absolute Gasteiger partial charge is 0.444 e. The van der Waals surface area contributed by atoms with E-state index in [1.165, 1.54) is 0 Å². The van der Waals surface area contributed by atoms with E-state index in [4.69, 9.17) is 4.74 Å². The number of amides is 1. The van der Waals surface area contributed by atoms with Crippen LogP contribution in [-0.2, 0) is 14.6 Å². The minimum Gasteiger partial charge on any atom is -0.444 e. The number of benzene rings is 1. The van der Waals surface area contributed by atoms with E-state index in [0.29, 0.717) is 0 Å². The molecule has 1 aromatic carbocycles. The molecule has 134 valence electrons. The summed E-state index contributed by atoms with van der Waals surface area (Å²) >= 11 is 0. The first-order valence-corrected chi connectivity index (χ1v) is 10.0. The van der Waals surface area contributed by atoms with E-state index >= 15 is 0 Å². The quantitative estimate of drug-likeness (QED) is 0.891. The highest BCUT2D eigenvalue weighted by molar-refractivity contribution is 7.92. The number of rotatable bonds is 4. The van der Waals surface area contributed by atoms with Crippen LogP contribution in [0.1, 0.15) is 52.9 Å². The second kappa shape index (κ2) is 7.55. The van der Waals surface area contributed by atoms with E-state index in [9.17, 15) is 13.2 Å². The van der Waals surface area contributed by atoms with Crippen molar-refractivity contribution in [2.45, 2.75) is 68.7 Å². The topological polar surface area (TPSA) is 72.5 Å². The van der Waals surface area contributed by atoms with E-state index in [2.05, 4.69) is 5.32 Å². The summed E-state index contributed by atoms with van der Waals surface area (Å²) in [6.07, 6.45) is 4.00. The third kappa shape index (κ3) is 4.97. The first-order chi connectivity index (χ1) is 11.2. The van der Waals surface area contributed by atoms with Crippen molar-refractivity contribution in [2.75, 3.05) is 0 Å². The molecule has 1 aromatic rings. The number of carbonyl (C=O) groups excluding carboxylic acids is 1. The van der Waals surface area contributed by atoms with E-state index in [-0.39, 0.29) is 10.8 Å². The Morgan fingerprint density at radius 3 is 2.25 bits per heavy atom. The number of nitrogens with one attached hydrogen (secondary N) is 1. The number of carbonyl (C=O) groups is 1. The first kappa shape index (κ1) is 18.8. The summed E-state index contributed by atoms with van der Waals surface area (Å²) < 4.78 is 31.4. The Balaban J connectivity index is 2.27. The van der Waals surface area contributed by atoms with E-state index in [1.54, 1.807) is 51.1 Å². The SMILES string of the molecule is CC(C)(C)OC(=O)NC(C1CCCCC1)S(=O)(=O)c1ccccc1. The van der Waals surface area contributed by atoms with Crippen LogP contribution < -0.4 is 5.32 Å². The van der Waals surface area contributed by atoms with Gasteiger partial charge in [-0.2, -0.15) is 0 Å². The standard InChI is InChI=1S/C18H27NO4S/c1-18(2,3)23-17(20)19-16(14-10-6-4-7-11-14)24(21,22)15-12-8-5-9-13-15/h5,8-9,12-14,16H,4,6-7,10-11H2,1-3H3,(H,19,20). The molecule has 1 atom stereocenters. The second-order valence-electron chi connectivity index (χ2n) is 7.32. The predicted molar refractivity (Wildman–Crippen MR) is 93.4 cm³/mol. The highest BCUT2D eigenvalue weighted by atomic mass is 32.2. The van der Waals surface area contributed by atoms with Gasteiger partial charge in [-0.15, -0.1) is 0 Å². The molecule has 1 aliphatic carbocycles. The van der Waals surface area contributed by atoms with Crippen molar-refractivity contribution in [1.29, 1.82) is 0 Å². The van der Waals surface area contributed by atoms with Crippen LogP contribution in [0, 0.1) is 5.92 Å². The predicted octanol–water partition coefficient (Wildman–Crippen LogP) is 3.89. The minimum absolute atomic E-state index is 0.0866. The maximum atomic E-state index is 13.1. The zero-order valence-corrected chi connectivity index (χ0v) is 15.4. The fraction of sp³-hybridized carbons (Fsp3) is 0.611. The molecule has 0 aromatic heterocycles. The molecular weight excluding hydrogens is 326 g/mol. The van der Waals surface area contributed by atoms with Crippen LogP contribution in [0.15, 0.2) is 35.2 Å². The molecule has 0 aliphatic heterocycles. The Kier molecular flexibility index (Phi) is 5.91. The number of sulfone groups is 1. The Bertz CT molecular complexity index is 643. The number of hydrogen-bond donors (Lipinski definition) is 1. The van der Waals surface area contributed by atoms with Gasteiger partial charge in [0.1, 0.15) is 11.0 Å². The van der Waals surface area contributed by atoms with Gasteiger partial charge in [0.25, 0.3) is 0 Å². The van der Waals surface area contributed by atoms with Crippen molar-refractivity contribution in [1.82, 2.24) is 5.32 Å². The third-order valence-electron chi connectivity index (χ3n) is 4.14. The van der Waals surface area contributed by atoms with Gasteiger partial charge >= 0.3 is 6.09 Å². The summed E-state index contributed by atoms with van der Waals surface area (Å²) in [5, 5.41) is 1.68. The van der Waals surface area contributed by atoms with Crippen LogP contribution in [0.25, 0.3) is 0 Å². The summed E-state index contributed by atoms with van der Waals surface area (Å²) in [6.45, 7) is 5.27. The molecule has 0 saturated heterocycles. The summed E-state index contributed by atoms with van der Waals surface area (Å²) in [7, 11) is -3.66. The Morgan fingerprint density at radius 2 is 1.71 bits per heavy atom. The monoisotopic (exact) mass is 353 g/mol. The van der Waals surface area contributed by atoms with E-state index < -0.39 is 26.9 Å². The van der Waals surface area contributed by atoms with E-state index in [0.717, 1.165) is 32.1 Å². The van der Waals surface area contributed by atoms with Crippen molar-refractivity contribution in [3.63, 3.8) is 0 Å². The number of hydrogen-bond acceptors (Lipinski definition) is 4. The van der Waals surface area contributed by atoms with Crippen molar-refractivity contribution in [2.24, 2.45) is 5.92 Å². The zero-order valence-electron chi connectivity index (χ0n) is 14.6. The molecular formula is C18H27NO4S. The third-order valence-corrected chi connectivity index (χ3v) is 6.24. The Morgan fingerprint density at radius 1 is 1.12 bits per heavy atom. The number of alkyl carbamates (subject to hydrolysis) is 1. The van der Waals surface area contributed by atoms with Crippen LogP contribution in [-0.4, -0.2) is 25.5 Å². The molecule has 1 saturated carbocycles. The molecule has 1 fully saturated rings. The summed E-state index contributed by atoms with van der Waals surface area (Å²) in [5.41, 5.74) is -0.669. The highest BCUT2D eigenvalue weighted by Gasteiger charge is 2.37. The first-order valence-electron chi connectivity index (χ1n) is 8.48. The van der Waals surface area contributed by atoms with Gasteiger partial charge in [0.2, 0.25) is 0 Å². The average molecular weight is 353 g/mol. The highest BCUT2D eigenvalue weighted by Crippen LogP contribution is 2.31. The molecule has 0 bridgehead atoms. The fourth-order valence-electron chi connectivity index (χ4n) is 3.07. The zero-order chi connectivity index (χ0) is 17.8. The van der Waals surface area contributed by atoms with Crippen molar-refractivity contribution >= 4 is 15.9 Å². The lowest BCUT2D eigenvalue weighted by Gasteiger charge is -2.31. The van der Waals surface area contributed by atoms with Crippen molar-refractivity contribution in [3.8, 4) is 0 Å². The molecule has 1 N–H and O–H groups in total. The lowest BCUT2D eigenvalue weighted by molar-refractivity contribution is 0.0502. The Labute approximate surface area is 144 Å². The molecule has 24 heavy (non-hydrogen) atoms. The van der Waals surface area contributed by atoms with Crippen LogP contribution in [0.2, 0.25) is 0 Å². The molecule has 1 aliphatic rings. The molecule has 2 rings (SSSR count). The molecule has 6 heteroatoms. The normalized spacial score (nSPS) is 18.0. The van der Waals surface area contributed by atoms with E-state index in [1.807, 2.05) is 0 Å². The lowest BCUT2D eigenvalue weighted by Crippen LogP contribution is -2.48. The molecule has 1 unspecified atom stereocenters. The van der Waals surface area contributed by atoms with Gasteiger partial charge in [-0.25, -0.2) is 13.2 Å². The van der Waals surface area contributed by atoms with Crippen molar-refractivity contribution in [3.05, 3.63) is 30.3 Å². The van der Waals surface area contributed by atoms with Gasteiger partial charge in [-0.05, 0) is 51.7 Å².